The minimum atomic E-state index is -0.0950. The lowest BCUT2D eigenvalue weighted by Gasteiger charge is -2.29. The molecule has 2 aliphatic heterocycles. The first-order chi connectivity index (χ1) is 9.31. The lowest BCUT2D eigenvalue weighted by molar-refractivity contribution is 0.0192. The van der Waals surface area contributed by atoms with Crippen LogP contribution in [0.4, 0.5) is 4.39 Å². The number of rotatable bonds is 5. The van der Waals surface area contributed by atoms with Crippen LogP contribution >= 0.6 is 0 Å². The Morgan fingerprint density at radius 3 is 2.63 bits per heavy atom. The van der Waals surface area contributed by atoms with E-state index in [1.165, 1.54) is 18.9 Å². The fraction of sp³-hybridized carbons (Fsp3) is 0.625. The number of ether oxygens (including phenoxy) is 1. The molecule has 3 atom stereocenters. The van der Waals surface area contributed by atoms with Crippen LogP contribution < -0.4 is 5.32 Å². The van der Waals surface area contributed by atoms with E-state index < -0.39 is 0 Å². The normalized spacial score (nSPS) is 29.6. The minimum Gasteiger partial charge on any atom is -0.378 e. The molecule has 1 N–H and O–H groups in total. The van der Waals surface area contributed by atoms with Crippen LogP contribution in [0.15, 0.2) is 24.3 Å². The highest BCUT2D eigenvalue weighted by Gasteiger charge is 2.33. The van der Waals surface area contributed by atoms with E-state index in [-0.39, 0.29) is 5.82 Å². The van der Waals surface area contributed by atoms with Crippen LogP contribution in [0.1, 0.15) is 37.7 Å². The van der Waals surface area contributed by atoms with Gasteiger partial charge in [-0.05, 0) is 50.2 Å². The summed E-state index contributed by atoms with van der Waals surface area (Å²) in [7, 11) is 0. The number of nitrogens with one attached hydrogen (secondary N) is 1. The number of benzene rings is 1. The molecule has 2 saturated heterocycles. The maximum atomic E-state index is 13.4. The number of hydrogen-bond donors (Lipinski definition) is 1. The third-order valence-corrected chi connectivity index (χ3v) is 4.33. The molecular weight excluding hydrogens is 241 g/mol. The van der Waals surface area contributed by atoms with Crippen molar-refractivity contribution in [2.75, 3.05) is 6.61 Å². The molecule has 0 aromatic heterocycles. The van der Waals surface area contributed by atoms with Gasteiger partial charge in [0.05, 0.1) is 6.10 Å². The molecule has 3 heteroatoms. The van der Waals surface area contributed by atoms with Gasteiger partial charge in [-0.3, -0.25) is 0 Å². The van der Waals surface area contributed by atoms with Gasteiger partial charge in [0.15, 0.2) is 0 Å². The van der Waals surface area contributed by atoms with E-state index in [1.807, 2.05) is 12.1 Å². The number of halogens is 1. The van der Waals surface area contributed by atoms with Gasteiger partial charge in [0, 0.05) is 18.7 Å². The summed E-state index contributed by atoms with van der Waals surface area (Å²) in [5.74, 6) is -0.0950. The summed E-state index contributed by atoms with van der Waals surface area (Å²) in [5.41, 5.74) is 0.802. The van der Waals surface area contributed by atoms with Crippen molar-refractivity contribution in [3.05, 3.63) is 35.6 Å². The highest BCUT2D eigenvalue weighted by molar-refractivity contribution is 5.17. The van der Waals surface area contributed by atoms with Crippen molar-refractivity contribution in [1.29, 1.82) is 0 Å². The van der Waals surface area contributed by atoms with Crippen LogP contribution in [0.25, 0.3) is 0 Å². The molecule has 2 bridgehead atoms. The van der Waals surface area contributed by atoms with E-state index >= 15 is 0 Å². The molecule has 0 spiro atoms. The maximum Gasteiger partial charge on any atom is 0.126 e. The highest BCUT2D eigenvalue weighted by atomic mass is 19.1. The molecule has 0 saturated carbocycles. The zero-order valence-corrected chi connectivity index (χ0v) is 11.3. The van der Waals surface area contributed by atoms with Crippen molar-refractivity contribution in [2.45, 2.75) is 56.7 Å². The number of hydrogen-bond acceptors (Lipinski definition) is 2. The predicted octanol–water partition coefficient (Wildman–Crippen LogP) is 3.06. The largest absolute Gasteiger partial charge is 0.378 e. The van der Waals surface area contributed by atoms with Gasteiger partial charge >= 0.3 is 0 Å². The molecule has 104 valence electrons. The second kappa shape index (κ2) is 6.02. The van der Waals surface area contributed by atoms with Crippen LogP contribution in [0.3, 0.4) is 0 Å². The first-order valence-corrected chi connectivity index (χ1v) is 7.42. The molecule has 0 radical (unpaired) electrons. The third-order valence-electron chi connectivity index (χ3n) is 4.33. The molecule has 1 unspecified atom stereocenters. The Morgan fingerprint density at radius 2 is 1.89 bits per heavy atom. The lowest BCUT2D eigenvalue weighted by atomic mass is 10.0. The molecule has 2 nitrogen and oxygen atoms in total. The summed E-state index contributed by atoms with van der Waals surface area (Å²) >= 11 is 0. The van der Waals surface area contributed by atoms with Gasteiger partial charge < -0.3 is 10.1 Å². The van der Waals surface area contributed by atoms with Crippen molar-refractivity contribution in [3.8, 4) is 0 Å². The molecule has 2 heterocycles. The monoisotopic (exact) mass is 263 g/mol. The Morgan fingerprint density at radius 1 is 1.16 bits per heavy atom. The van der Waals surface area contributed by atoms with Gasteiger partial charge in [0.2, 0.25) is 0 Å². The predicted molar refractivity (Wildman–Crippen MR) is 73.6 cm³/mol. The Hall–Kier alpha value is -0.930. The second-order valence-corrected chi connectivity index (χ2v) is 5.80. The van der Waals surface area contributed by atoms with Crippen molar-refractivity contribution in [2.24, 2.45) is 0 Å². The van der Waals surface area contributed by atoms with Gasteiger partial charge in [-0.1, -0.05) is 18.2 Å². The standard InChI is InChI=1S/C16H22FNO/c17-16-6-2-1-4-12(16)5-3-9-19-15-10-13-7-8-14(11-15)18-13/h1-2,4,6,13-15,18H,3,5,7-11H2/t13-,14+,15?. The molecule has 1 aromatic carbocycles. The molecule has 2 fully saturated rings. The van der Waals surface area contributed by atoms with Crippen LogP contribution in [0, 0.1) is 5.82 Å². The molecule has 3 rings (SSSR count). The van der Waals surface area contributed by atoms with Gasteiger partial charge in [0.1, 0.15) is 5.82 Å². The van der Waals surface area contributed by atoms with Gasteiger partial charge in [-0.15, -0.1) is 0 Å². The fourth-order valence-electron chi connectivity index (χ4n) is 3.35. The average molecular weight is 263 g/mol. The summed E-state index contributed by atoms with van der Waals surface area (Å²) in [5, 5.41) is 3.61. The second-order valence-electron chi connectivity index (χ2n) is 5.80. The molecule has 1 aromatic rings. The molecule has 0 amide bonds. The number of fused-ring (bicyclic) bond motifs is 2. The topological polar surface area (TPSA) is 21.3 Å². The number of piperidine rings is 1. The summed E-state index contributed by atoms with van der Waals surface area (Å²) in [4.78, 5) is 0. The lowest BCUT2D eigenvalue weighted by Crippen LogP contribution is -2.41. The van der Waals surface area contributed by atoms with Crippen LogP contribution in [0.5, 0.6) is 0 Å². The Kier molecular flexibility index (Phi) is 4.14. The van der Waals surface area contributed by atoms with Crippen molar-refractivity contribution >= 4 is 0 Å². The molecular formula is C16H22FNO. The van der Waals surface area contributed by atoms with Crippen molar-refractivity contribution in [1.82, 2.24) is 5.32 Å². The summed E-state index contributed by atoms with van der Waals surface area (Å²) < 4.78 is 19.4. The third kappa shape index (κ3) is 3.34. The van der Waals surface area contributed by atoms with E-state index in [1.54, 1.807) is 6.07 Å². The molecule has 0 aliphatic carbocycles. The molecule has 19 heavy (non-hydrogen) atoms. The first-order valence-electron chi connectivity index (χ1n) is 7.42. The van der Waals surface area contributed by atoms with Crippen molar-refractivity contribution < 1.29 is 9.13 Å². The van der Waals surface area contributed by atoms with E-state index in [0.29, 0.717) is 18.2 Å². The van der Waals surface area contributed by atoms with Gasteiger partial charge in [-0.25, -0.2) is 4.39 Å². The first kappa shape index (κ1) is 13.1. The van der Waals surface area contributed by atoms with Crippen LogP contribution in [-0.2, 0) is 11.2 Å². The summed E-state index contributed by atoms with van der Waals surface area (Å²) in [6, 6.07) is 8.37. The molecule has 2 aliphatic rings. The van der Waals surface area contributed by atoms with E-state index in [4.69, 9.17) is 4.74 Å². The van der Waals surface area contributed by atoms with E-state index in [2.05, 4.69) is 5.32 Å². The maximum absolute atomic E-state index is 13.4. The van der Waals surface area contributed by atoms with Gasteiger partial charge in [0.25, 0.3) is 0 Å². The summed E-state index contributed by atoms with van der Waals surface area (Å²) in [6.07, 6.45) is 7.00. The highest BCUT2D eigenvalue weighted by Crippen LogP contribution is 2.28. The van der Waals surface area contributed by atoms with E-state index in [0.717, 1.165) is 37.9 Å². The van der Waals surface area contributed by atoms with Crippen LogP contribution in [0.2, 0.25) is 0 Å². The Balaban J connectivity index is 1.38. The SMILES string of the molecule is Fc1ccccc1CCCOC1C[C@H]2CC[C@@H](C1)N2. The Labute approximate surface area is 114 Å². The quantitative estimate of drug-likeness (QED) is 0.824. The zero-order valence-electron chi connectivity index (χ0n) is 11.3. The summed E-state index contributed by atoms with van der Waals surface area (Å²) in [6.45, 7) is 0.748. The van der Waals surface area contributed by atoms with Crippen molar-refractivity contribution in [3.63, 3.8) is 0 Å². The minimum absolute atomic E-state index is 0.0950. The van der Waals surface area contributed by atoms with Gasteiger partial charge in [-0.2, -0.15) is 0 Å². The number of aryl methyl sites for hydroxylation is 1. The fourth-order valence-corrected chi connectivity index (χ4v) is 3.35. The smallest absolute Gasteiger partial charge is 0.126 e. The zero-order chi connectivity index (χ0) is 13.1. The Bertz CT molecular complexity index is 411. The van der Waals surface area contributed by atoms with Crippen LogP contribution in [-0.4, -0.2) is 24.8 Å². The van der Waals surface area contributed by atoms with E-state index in [9.17, 15) is 4.39 Å². The average Bonchev–Trinajstić information content (AvgIpc) is 2.76.